The van der Waals surface area contributed by atoms with E-state index in [0.29, 0.717) is 0 Å². The highest BCUT2D eigenvalue weighted by Crippen LogP contribution is 2.15. The van der Waals surface area contributed by atoms with Crippen molar-refractivity contribution in [2.75, 3.05) is 19.8 Å². The van der Waals surface area contributed by atoms with Crippen LogP contribution in [-0.4, -0.2) is 47.1 Å². The van der Waals surface area contributed by atoms with Crippen LogP contribution in [0, 0.1) is 10.8 Å². The minimum atomic E-state index is -1.04. The van der Waals surface area contributed by atoms with E-state index in [1.807, 2.05) is 0 Å². The molecule has 0 heterocycles. The highest BCUT2D eigenvalue weighted by atomic mass is 16.5. The van der Waals surface area contributed by atoms with Crippen LogP contribution in [0.15, 0.2) is 12.7 Å². The smallest absolute Gasteiger partial charge is 0.330 e. The molecule has 0 aromatic rings. The van der Waals surface area contributed by atoms with Crippen molar-refractivity contribution in [3.05, 3.63) is 12.7 Å². The van der Waals surface area contributed by atoms with Crippen LogP contribution >= 0.6 is 0 Å². The third kappa shape index (κ3) is 10.2. The Labute approximate surface area is 113 Å². The molecule has 0 rings (SSSR count). The van der Waals surface area contributed by atoms with E-state index in [2.05, 4.69) is 11.3 Å². The van der Waals surface area contributed by atoms with Gasteiger partial charge in [-0.1, -0.05) is 20.4 Å². The Bertz CT molecular complexity index is 300. The Hall–Kier alpha value is -1.40. The summed E-state index contributed by atoms with van der Waals surface area (Å²) < 4.78 is 4.58. The number of aliphatic hydroxyl groups excluding tert-OH is 2. The van der Waals surface area contributed by atoms with Gasteiger partial charge in [-0.3, -0.25) is 4.79 Å². The molecule has 0 aliphatic heterocycles. The number of ether oxygens (including phenoxy) is 1. The Kier molecular flexibility index (Phi) is 9.08. The predicted molar refractivity (Wildman–Crippen MR) is 70.5 cm³/mol. The first-order valence-electron chi connectivity index (χ1n) is 5.76. The number of esters is 1. The van der Waals surface area contributed by atoms with Gasteiger partial charge >= 0.3 is 11.9 Å². The van der Waals surface area contributed by atoms with Crippen LogP contribution in [0.25, 0.3) is 0 Å². The van der Waals surface area contributed by atoms with Crippen molar-refractivity contribution in [1.29, 1.82) is 0 Å². The summed E-state index contributed by atoms with van der Waals surface area (Å²) in [5, 5.41) is 25.5. The number of hydrogen-bond acceptors (Lipinski definition) is 5. The quantitative estimate of drug-likeness (QED) is 0.490. The third-order valence-corrected chi connectivity index (χ3v) is 2.18. The zero-order valence-corrected chi connectivity index (χ0v) is 12.0. The number of carboxylic acid groups (broad SMARTS) is 1. The van der Waals surface area contributed by atoms with Gasteiger partial charge < -0.3 is 20.1 Å². The van der Waals surface area contributed by atoms with E-state index in [4.69, 9.17) is 15.3 Å². The van der Waals surface area contributed by atoms with Gasteiger partial charge in [0.1, 0.15) is 6.61 Å². The lowest BCUT2D eigenvalue weighted by Crippen LogP contribution is -2.30. The second-order valence-corrected chi connectivity index (χ2v) is 5.48. The summed E-state index contributed by atoms with van der Waals surface area (Å²) in [6.45, 7) is 9.68. The SMILES string of the molecule is C=CC(=O)OCC(C)(C)C(=O)O.CC(C)(CO)CO. The fourth-order valence-electron chi connectivity index (χ4n) is 0.422. The maximum atomic E-state index is 10.5. The number of carbonyl (C=O) groups is 2. The number of aliphatic hydroxyl groups is 2. The summed E-state index contributed by atoms with van der Waals surface area (Å²) in [4.78, 5) is 21.1. The first-order chi connectivity index (χ1) is 8.52. The molecule has 6 heteroatoms. The second-order valence-electron chi connectivity index (χ2n) is 5.48. The number of carbonyl (C=O) groups excluding carboxylic acids is 1. The van der Waals surface area contributed by atoms with E-state index in [-0.39, 0.29) is 25.2 Å². The summed E-state index contributed by atoms with van der Waals surface area (Å²) in [5.74, 6) is -1.61. The van der Waals surface area contributed by atoms with E-state index in [9.17, 15) is 9.59 Å². The van der Waals surface area contributed by atoms with Gasteiger partial charge in [-0.15, -0.1) is 0 Å². The fourth-order valence-corrected chi connectivity index (χ4v) is 0.422. The topological polar surface area (TPSA) is 104 Å². The molecule has 0 bridgehead atoms. The van der Waals surface area contributed by atoms with Crippen LogP contribution in [0.3, 0.4) is 0 Å². The number of hydrogen-bond donors (Lipinski definition) is 3. The molecule has 0 unspecified atom stereocenters. The third-order valence-electron chi connectivity index (χ3n) is 2.18. The van der Waals surface area contributed by atoms with Gasteiger partial charge in [-0.25, -0.2) is 4.79 Å². The number of rotatable bonds is 6. The van der Waals surface area contributed by atoms with E-state index in [1.54, 1.807) is 13.8 Å². The van der Waals surface area contributed by atoms with Gasteiger partial charge in [0.05, 0.1) is 18.6 Å². The number of carboxylic acids is 1. The summed E-state index contributed by atoms with van der Waals surface area (Å²) in [6, 6.07) is 0. The molecule has 0 fully saturated rings. The van der Waals surface area contributed by atoms with Crippen molar-refractivity contribution in [2.24, 2.45) is 10.8 Å². The fraction of sp³-hybridized carbons (Fsp3) is 0.692. The second kappa shape index (κ2) is 8.66. The van der Waals surface area contributed by atoms with Gasteiger partial charge in [0, 0.05) is 11.5 Å². The van der Waals surface area contributed by atoms with Crippen LogP contribution in [0.5, 0.6) is 0 Å². The largest absolute Gasteiger partial charge is 0.481 e. The van der Waals surface area contributed by atoms with Crippen molar-refractivity contribution in [1.82, 2.24) is 0 Å². The molecule has 6 nitrogen and oxygen atoms in total. The molecular weight excluding hydrogens is 252 g/mol. The molecule has 112 valence electrons. The molecule has 0 saturated carbocycles. The van der Waals surface area contributed by atoms with Crippen molar-refractivity contribution in [2.45, 2.75) is 27.7 Å². The molecule has 3 N–H and O–H groups in total. The standard InChI is InChI=1S/C8H12O4.C5H12O2/c1-4-6(9)12-5-8(2,3)7(10)11;1-5(2,3-6)4-7/h4H,1,5H2,2-3H3,(H,10,11);6-7H,3-4H2,1-2H3. The monoisotopic (exact) mass is 276 g/mol. The normalized spacial score (nSPS) is 11.1. The molecule has 0 aliphatic carbocycles. The van der Waals surface area contributed by atoms with Crippen LogP contribution < -0.4 is 0 Å². The van der Waals surface area contributed by atoms with E-state index < -0.39 is 17.4 Å². The highest BCUT2D eigenvalue weighted by molar-refractivity contribution is 5.81. The maximum Gasteiger partial charge on any atom is 0.330 e. The van der Waals surface area contributed by atoms with E-state index in [0.717, 1.165) is 6.08 Å². The molecular formula is C13H24O6. The average molecular weight is 276 g/mol. The van der Waals surface area contributed by atoms with Gasteiger partial charge in [0.2, 0.25) is 0 Å². The summed E-state index contributed by atoms with van der Waals surface area (Å²) in [5.41, 5.74) is -1.35. The zero-order chi connectivity index (χ0) is 15.7. The lowest BCUT2D eigenvalue weighted by molar-refractivity contribution is -0.154. The summed E-state index contributed by atoms with van der Waals surface area (Å²) >= 11 is 0. The molecule has 0 radical (unpaired) electrons. The van der Waals surface area contributed by atoms with Crippen LogP contribution in [0.1, 0.15) is 27.7 Å². The molecule has 0 saturated heterocycles. The Morgan fingerprint density at radius 1 is 1.16 bits per heavy atom. The molecule has 0 aromatic carbocycles. The first-order valence-corrected chi connectivity index (χ1v) is 5.76. The van der Waals surface area contributed by atoms with Gasteiger partial charge in [0.15, 0.2) is 0 Å². The predicted octanol–water partition coefficient (Wildman–Crippen LogP) is 0.824. The van der Waals surface area contributed by atoms with Crippen LogP contribution in [0.4, 0.5) is 0 Å². The Morgan fingerprint density at radius 2 is 1.58 bits per heavy atom. The van der Waals surface area contributed by atoms with Gasteiger partial charge in [-0.05, 0) is 13.8 Å². The van der Waals surface area contributed by atoms with Gasteiger partial charge in [-0.2, -0.15) is 0 Å². The Morgan fingerprint density at radius 3 is 1.79 bits per heavy atom. The molecule has 0 amide bonds. The van der Waals surface area contributed by atoms with E-state index in [1.165, 1.54) is 13.8 Å². The first kappa shape index (κ1) is 19.9. The lowest BCUT2D eigenvalue weighted by Gasteiger charge is -2.17. The lowest BCUT2D eigenvalue weighted by atomic mass is 9.95. The molecule has 0 atom stereocenters. The van der Waals surface area contributed by atoms with Crippen molar-refractivity contribution < 1.29 is 29.6 Å². The Balaban J connectivity index is 0. The average Bonchev–Trinajstić information content (AvgIpc) is 2.36. The molecule has 0 aromatic heterocycles. The minimum absolute atomic E-state index is 0.0451. The molecule has 0 aliphatic rings. The minimum Gasteiger partial charge on any atom is -0.481 e. The van der Waals surface area contributed by atoms with Crippen LogP contribution in [-0.2, 0) is 14.3 Å². The summed E-state index contributed by atoms with van der Waals surface area (Å²) in [6.07, 6.45) is 0.998. The highest BCUT2D eigenvalue weighted by Gasteiger charge is 2.28. The van der Waals surface area contributed by atoms with E-state index >= 15 is 0 Å². The molecule has 0 spiro atoms. The zero-order valence-electron chi connectivity index (χ0n) is 12.0. The maximum absolute atomic E-state index is 10.5. The van der Waals surface area contributed by atoms with Crippen LogP contribution in [0.2, 0.25) is 0 Å². The van der Waals surface area contributed by atoms with Crippen molar-refractivity contribution in [3.8, 4) is 0 Å². The van der Waals surface area contributed by atoms with Crippen molar-refractivity contribution >= 4 is 11.9 Å². The van der Waals surface area contributed by atoms with Gasteiger partial charge in [0.25, 0.3) is 0 Å². The summed E-state index contributed by atoms with van der Waals surface area (Å²) in [7, 11) is 0. The van der Waals surface area contributed by atoms with Crippen molar-refractivity contribution in [3.63, 3.8) is 0 Å². The molecule has 19 heavy (non-hydrogen) atoms. The number of aliphatic carboxylic acids is 1.